The Kier molecular flexibility index (Phi) is 7.53. The highest BCUT2D eigenvalue weighted by Crippen LogP contribution is 2.37. The van der Waals surface area contributed by atoms with Gasteiger partial charge in [-0.3, -0.25) is 4.79 Å². The second-order valence-electron chi connectivity index (χ2n) is 7.05. The summed E-state index contributed by atoms with van der Waals surface area (Å²) in [5, 5.41) is 1.17. The van der Waals surface area contributed by atoms with E-state index in [1.165, 1.54) is 0 Å². The Morgan fingerprint density at radius 2 is 1.87 bits per heavy atom. The highest BCUT2D eigenvalue weighted by atomic mass is 35.5. The number of halogens is 2. The number of hydrogen-bond acceptors (Lipinski definition) is 4. The number of amides is 1. The van der Waals surface area contributed by atoms with Crippen molar-refractivity contribution in [3.8, 4) is 0 Å². The van der Waals surface area contributed by atoms with Crippen LogP contribution in [0.15, 0.2) is 59.8 Å². The smallest absolute Gasteiger partial charge is 0.336 e. The van der Waals surface area contributed by atoms with Crippen molar-refractivity contribution in [1.82, 2.24) is 4.90 Å². The summed E-state index contributed by atoms with van der Waals surface area (Å²) < 4.78 is 10.7. The van der Waals surface area contributed by atoms with Crippen molar-refractivity contribution in [3.63, 3.8) is 0 Å². The molecular formula is C23H23Cl2NO4. The quantitative estimate of drug-likeness (QED) is 0.561. The van der Waals surface area contributed by atoms with Crippen LogP contribution in [0, 0.1) is 0 Å². The summed E-state index contributed by atoms with van der Waals surface area (Å²) in [4.78, 5) is 27.5. The molecule has 1 aliphatic rings. The summed E-state index contributed by atoms with van der Waals surface area (Å²) in [6.07, 6.45) is 0.171. The monoisotopic (exact) mass is 447 g/mol. The topological polar surface area (TPSA) is 55.8 Å². The third kappa shape index (κ3) is 5.22. The summed E-state index contributed by atoms with van der Waals surface area (Å²) in [5.41, 5.74) is 2.68. The maximum absolute atomic E-state index is 13.1. The van der Waals surface area contributed by atoms with Crippen LogP contribution in [0.5, 0.6) is 0 Å². The van der Waals surface area contributed by atoms with Gasteiger partial charge in [-0.2, -0.15) is 0 Å². The summed E-state index contributed by atoms with van der Waals surface area (Å²) in [6, 6.07) is 14.3. The van der Waals surface area contributed by atoms with Crippen molar-refractivity contribution in [3.05, 3.63) is 81.0 Å². The van der Waals surface area contributed by atoms with Gasteiger partial charge in [0.05, 0.1) is 12.2 Å². The van der Waals surface area contributed by atoms with Gasteiger partial charge in [-0.25, -0.2) is 4.79 Å². The van der Waals surface area contributed by atoms with E-state index in [0.717, 1.165) is 11.1 Å². The minimum absolute atomic E-state index is 0.0594. The lowest BCUT2D eigenvalue weighted by atomic mass is 9.83. The molecule has 2 aromatic carbocycles. The number of methoxy groups -OCH3 is 1. The number of rotatable bonds is 7. The molecule has 1 aliphatic heterocycles. The van der Waals surface area contributed by atoms with E-state index in [0.29, 0.717) is 34.5 Å². The average molecular weight is 448 g/mol. The van der Waals surface area contributed by atoms with Crippen molar-refractivity contribution in [2.75, 3.05) is 20.3 Å². The molecule has 2 aromatic rings. The zero-order valence-electron chi connectivity index (χ0n) is 16.9. The van der Waals surface area contributed by atoms with E-state index in [4.69, 9.17) is 32.7 Å². The molecule has 0 radical (unpaired) electrons. The van der Waals surface area contributed by atoms with Crippen LogP contribution in [0.3, 0.4) is 0 Å². The van der Waals surface area contributed by atoms with Crippen molar-refractivity contribution in [2.24, 2.45) is 0 Å². The largest absolute Gasteiger partial charge is 0.457 e. The number of nitrogens with zero attached hydrogens (tertiary/aromatic N) is 1. The molecule has 30 heavy (non-hydrogen) atoms. The molecule has 0 N–H and O–H groups in total. The van der Waals surface area contributed by atoms with Gasteiger partial charge in [0, 0.05) is 41.7 Å². The van der Waals surface area contributed by atoms with Gasteiger partial charge in [-0.05, 0) is 42.3 Å². The van der Waals surface area contributed by atoms with Crippen molar-refractivity contribution >= 4 is 35.1 Å². The Hall–Kier alpha value is -2.34. The highest BCUT2D eigenvalue weighted by molar-refractivity contribution is 6.30. The SMILES string of the molecule is COCCN1C(=O)CC(c2ccc(Cl)cc2)C(C(=O)OCc2cccc(Cl)c2)=C1C. The molecule has 0 saturated carbocycles. The lowest BCUT2D eigenvalue weighted by molar-refractivity contribution is -0.141. The fourth-order valence-corrected chi connectivity index (χ4v) is 3.91. The molecule has 7 heteroatoms. The maximum atomic E-state index is 13.1. The van der Waals surface area contributed by atoms with E-state index in [9.17, 15) is 9.59 Å². The third-order valence-electron chi connectivity index (χ3n) is 5.09. The summed E-state index contributed by atoms with van der Waals surface area (Å²) in [6.45, 7) is 2.61. The number of hydrogen-bond donors (Lipinski definition) is 0. The van der Waals surface area contributed by atoms with Crippen LogP contribution in [0.4, 0.5) is 0 Å². The summed E-state index contributed by atoms with van der Waals surface area (Å²) in [7, 11) is 1.57. The van der Waals surface area contributed by atoms with E-state index in [-0.39, 0.29) is 18.9 Å². The van der Waals surface area contributed by atoms with Gasteiger partial charge in [-0.15, -0.1) is 0 Å². The molecule has 1 heterocycles. The molecule has 0 spiro atoms. The molecule has 0 bridgehead atoms. The van der Waals surface area contributed by atoms with E-state index < -0.39 is 11.9 Å². The molecule has 3 rings (SSSR count). The van der Waals surface area contributed by atoms with Crippen LogP contribution in [-0.2, 0) is 25.7 Å². The fourth-order valence-electron chi connectivity index (χ4n) is 3.57. The number of esters is 1. The van der Waals surface area contributed by atoms with Crippen molar-refractivity contribution < 1.29 is 19.1 Å². The molecule has 158 valence electrons. The number of carbonyl (C=O) groups is 2. The maximum Gasteiger partial charge on any atom is 0.336 e. The molecule has 1 amide bonds. The molecule has 0 aromatic heterocycles. The Morgan fingerprint density at radius 3 is 2.53 bits per heavy atom. The van der Waals surface area contributed by atoms with E-state index in [1.807, 2.05) is 18.2 Å². The second-order valence-corrected chi connectivity index (χ2v) is 7.92. The first-order valence-corrected chi connectivity index (χ1v) is 10.3. The minimum atomic E-state index is -0.456. The van der Waals surface area contributed by atoms with Crippen LogP contribution >= 0.6 is 23.2 Å². The van der Waals surface area contributed by atoms with Crippen molar-refractivity contribution in [2.45, 2.75) is 25.9 Å². The first-order valence-electron chi connectivity index (χ1n) is 9.57. The zero-order chi connectivity index (χ0) is 21.7. The van der Waals surface area contributed by atoms with Crippen LogP contribution in [-0.4, -0.2) is 37.0 Å². The van der Waals surface area contributed by atoms with Gasteiger partial charge < -0.3 is 14.4 Å². The lowest BCUT2D eigenvalue weighted by Gasteiger charge is -2.34. The van der Waals surface area contributed by atoms with Crippen LogP contribution in [0.25, 0.3) is 0 Å². The Morgan fingerprint density at radius 1 is 1.13 bits per heavy atom. The first kappa shape index (κ1) is 22.3. The van der Waals surface area contributed by atoms with Gasteiger partial charge >= 0.3 is 5.97 Å². The van der Waals surface area contributed by atoms with Crippen molar-refractivity contribution in [1.29, 1.82) is 0 Å². The molecule has 1 atom stereocenters. The summed E-state index contributed by atoms with van der Waals surface area (Å²) >= 11 is 12.0. The molecular weight excluding hydrogens is 425 g/mol. The second kappa shape index (κ2) is 10.1. The zero-order valence-corrected chi connectivity index (χ0v) is 18.4. The van der Waals surface area contributed by atoms with Gasteiger partial charge in [0.1, 0.15) is 6.61 Å². The van der Waals surface area contributed by atoms with Gasteiger partial charge in [0.2, 0.25) is 5.91 Å². The molecule has 1 unspecified atom stereocenters. The number of carbonyl (C=O) groups excluding carboxylic acids is 2. The molecule has 0 aliphatic carbocycles. The van der Waals surface area contributed by atoms with Gasteiger partial charge in [-0.1, -0.05) is 47.5 Å². The minimum Gasteiger partial charge on any atom is -0.457 e. The molecule has 0 fully saturated rings. The van der Waals surface area contributed by atoms with Gasteiger partial charge in [0.15, 0.2) is 0 Å². The highest BCUT2D eigenvalue weighted by Gasteiger charge is 2.36. The molecule has 0 saturated heterocycles. The first-order chi connectivity index (χ1) is 14.4. The van der Waals surface area contributed by atoms with E-state index in [1.54, 1.807) is 49.3 Å². The Balaban J connectivity index is 1.91. The fraction of sp³-hybridized carbons (Fsp3) is 0.304. The number of ether oxygens (including phenoxy) is 2. The Labute approximate surface area is 186 Å². The summed E-state index contributed by atoms with van der Waals surface area (Å²) in [5.74, 6) is -0.918. The van der Waals surface area contributed by atoms with Crippen LogP contribution in [0.2, 0.25) is 10.0 Å². The lowest BCUT2D eigenvalue weighted by Crippen LogP contribution is -2.40. The molecule has 5 nitrogen and oxygen atoms in total. The van der Waals surface area contributed by atoms with Crippen LogP contribution < -0.4 is 0 Å². The van der Waals surface area contributed by atoms with Crippen LogP contribution in [0.1, 0.15) is 30.4 Å². The van der Waals surface area contributed by atoms with E-state index >= 15 is 0 Å². The average Bonchev–Trinajstić information content (AvgIpc) is 2.72. The predicted octanol–water partition coefficient (Wildman–Crippen LogP) is 4.97. The number of allylic oxidation sites excluding steroid dienone is 1. The standard InChI is InChI=1S/C23H23Cl2NO4/c1-15-22(23(28)30-14-16-4-3-5-19(25)12-16)20(17-6-8-18(24)9-7-17)13-21(27)26(15)10-11-29-2/h3-9,12,20H,10-11,13-14H2,1-2H3. The normalized spacial score (nSPS) is 16.7. The number of benzene rings is 2. The van der Waals surface area contributed by atoms with E-state index in [2.05, 4.69) is 0 Å². The van der Waals surface area contributed by atoms with Gasteiger partial charge in [0.25, 0.3) is 0 Å². The third-order valence-corrected chi connectivity index (χ3v) is 5.58. The predicted molar refractivity (Wildman–Crippen MR) is 116 cm³/mol. The Bertz CT molecular complexity index is 956.